The molecule has 0 spiro atoms. The van der Waals surface area contributed by atoms with Crippen molar-refractivity contribution in [3.05, 3.63) is 35.9 Å². The number of nitrogens with zero attached hydrogens (tertiary/aromatic N) is 1. The highest BCUT2D eigenvalue weighted by molar-refractivity contribution is 5.15. The molecule has 1 fully saturated rings. The van der Waals surface area contributed by atoms with Crippen molar-refractivity contribution >= 4 is 0 Å². The van der Waals surface area contributed by atoms with Crippen LogP contribution in [0.1, 0.15) is 19.4 Å². The van der Waals surface area contributed by atoms with Crippen LogP contribution in [0.3, 0.4) is 0 Å². The Morgan fingerprint density at radius 2 is 2.00 bits per heavy atom. The van der Waals surface area contributed by atoms with Crippen molar-refractivity contribution in [2.45, 2.75) is 26.1 Å². The minimum atomic E-state index is 0.149. The molecule has 1 saturated heterocycles. The van der Waals surface area contributed by atoms with Gasteiger partial charge in [-0.2, -0.15) is 0 Å². The second-order valence-corrected chi connectivity index (χ2v) is 4.39. The van der Waals surface area contributed by atoms with E-state index in [4.69, 9.17) is 0 Å². The zero-order chi connectivity index (χ0) is 10.0. The first-order valence-electron chi connectivity index (χ1n) is 5.22. The first-order valence-corrected chi connectivity index (χ1v) is 5.22. The fourth-order valence-electron chi connectivity index (χ4n) is 1.97. The fraction of sp³-hybridized carbons (Fsp3) is 0.500. The molecule has 2 nitrogen and oxygen atoms in total. The molecule has 1 aliphatic heterocycles. The SMILES string of the molecule is CC1(C)NCCN1Cc1ccccc1. The monoisotopic (exact) mass is 190 g/mol. The summed E-state index contributed by atoms with van der Waals surface area (Å²) < 4.78 is 0. The molecule has 0 aromatic heterocycles. The largest absolute Gasteiger partial charge is 0.298 e. The molecule has 1 N–H and O–H groups in total. The van der Waals surface area contributed by atoms with E-state index in [1.165, 1.54) is 5.56 Å². The maximum Gasteiger partial charge on any atom is 0.0658 e. The van der Waals surface area contributed by atoms with Gasteiger partial charge in [-0.05, 0) is 19.4 Å². The molecule has 0 unspecified atom stereocenters. The molecular weight excluding hydrogens is 172 g/mol. The third-order valence-corrected chi connectivity index (χ3v) is 2.95. The van der Waals surface area contributed by atoms with Gasteiger partial charge in [-0.15, -0.1) is 0 Å². The molecule has 0 saturated carbocycles. The lowest BCUT2D eigenvalue weighted by Gasteiger charge is -2.31. The molecule has 1 heterocycles. The average Bonchev–Trinajstić information content (AvgIpc) is 2.48. The van der Waals surface area contributed by atoms with E-state index in [1.54, 1.807) is 0 Å². The Kier molecular flexibility index (Phi) is 2.57. The Morgan fingerprint density at radius 3 is 2.57 bits per heavy atom. The quantitative estimate of drug-likeness (QED) is 0.765. The van der Waals surface area contributed by atoms with Gasteiger partial charge in [-0.1, -0.05) is 30.3 Å². The van der Waals surface area contributed by atoms with Crippen molar-refractivity contribution in [3.63, 3.8) is 0 Å². The van der Waals surface area contributed by atoms with Crippen molar-refractivity contribution < 1.29 is 0 Å². The maximum atomic E-state index is 3.49. The van der Waals surface area contributed by atoms with E-state index < -0.39 is 0 Å². The van der Waals surface area contributed by atoms with Crippen LogP contribution in [0.25, 0.3) is 0 Å². The van der Waals surface area contributed by atoms with E-state index in [-0.39, 0.29) is 5.66 Å². The third kappa shape index (κ3) is 1.97. The Bertz CT molecular complexity index is 292. The zero-order valence-electron chi connectivity index (χ0n) is 8.96. The van der Waals surface area contributed by atoms with Crippen LogP contribution in [0.2, 0.25) is 0 Å². The molecule has 0 atom stereocenters. The molecule has 0 radical (unpaired) electrons. The molecule has 1 aromatic carbocycles. The van der Waals surface area contributed by atoms with E-state index in [0.717, 1.165) is 19.6 Å². The normalized spacial score (nSPS) is 21.3. The molecule has 0 aliphatic carbocycles. The highest BCUT2D eigenvalue weighted by Crippen LogP contribution is 2.18. The summed E-state index contributed by atoms with van der Waals surface area (Å²) in [5.74, 6) is 0. The number of benzene rings is 1. The topological polar surface area (TPSA) is 15.3 Å². The van der Waals surface area contributed by atoms with E-state index >= 15 is 0 Å². The van der Waals surface area contributed by atoms with Crippen LogP contribution in [-0.2, 0) is 6.54 Å². The van der Waals surface area contributed by atoms with Crippen LogP contribution in [-0.4, -0.2) is 23.7 Å². The minimum absolute atomic E-state index is 0.149. The van der Waals surface area contributed by atoms with Gasteiger partial charge < -0.3 is 0 Å². The second-order valence-electron chi connectivity index (χ2n) is 4.39. The van der Waals surface area contributed by atoms with Gasteiger partial charge in [0.1, 0.15) is 0 Å². The molecule has 14 heavy (non-hydrogen) atoms. The maximum absolute atomic E-state index is 3.49. The summed E-state index contributed by atoms with van der Waals surface area (Å²) >= 11 is 0. The van der Waals surface area contributed by atoms with Gasteiger partial charge in [0, 0.05) is 19.6 Å². The number of nitrogens with one attached hydrogen (secondary N) is 1. The Morgan fingerprint density at radius 1 is 1.29 bits per heavy atom. The summed E-state index contributed by atoms with van der Waals surface area (Å²) in [6.45, 7) is 7.76. The van der Waals surface area contributed by atoms with Crippen LogP contribution < -0.4 is 5.32 Å². The van der Waals surface area contributed by atoms with Crippen molar-refractivity contribution in [1.82, 2.24) is 10.2 Å². The lowest BCUT2D eigenvalue weighted by Crippen LogP contribution is -2.45. The minimum Gasteiger partial charge on any atom is -0.298 e. The first kappa shape index (κ1) is 9.69. The van der Waals surface area contributed by atoms with Crippen molar-refractivity contribution in [1.29, 1.82) is 0 Å². The van der Waals surface area contributed by atoms with Gasteiger partial charge in [0.2, 0.25) is 0 Å². The van der Waals surface area contributed by atoms with Gasteiger partial charge in [-0.3, -0.25) is 10.2 Å². The first-order chi connectivity index (χ1) is 6.68. The number of hydrogen-bond acceptors (Lipinski definition) is 2. The molecular formula is C12H18N2. The van der Waals surface area contributed by atoms with Gasteiger partial charge in [0.25, 0.3) is 0 Å². The lowest BCUT2D eigenvalue weighted by atomic mass is 10.1. The Labute approximate surface area is 85.9 Å². The Hall–Kier alpha value is -0.860. The van der Waals surface area contributed by atoms with Crippen LogP contribution in [0.4, 0.5) is 0 Å². The number of rotatable bonds is 2. The third-order valence-electron chi connectivity index (χ3n) is 2.95. The van der Waals surface area contributed by atoms with E-state index in [1.807, 2.05) is 0 Å². The molecule has 76 valence electrons. The van der Waals surface area contributed by atoms with Gasteiger partial charge in [-0.25, -0.2) is 0 Å². The Balaban J connectivity index is 2.05. The summed E-state index contributed by atoms with van der Waals surface area (Å²) in [7, 11) is 0. The van der Waals surface area contributed by atoms with Crippen LogP contribution in [0.5, 0.6) is 0 Å². The highest BCUT2D eigenvalue weighted by atomic mass is 15.4. The second kappa shape index (κ2) is 3.71. The highest BCUT2D eigenvalue weighted by Gasteiger charge is 2.30. The molecule has 0 bridgehead atoms. The predicted molar refractivity (Wildman–Crippen MR) is 58.9 cm³/mol. The summed E-state index contributed by atoms with van der Waals surface area (Å²) in [5, 5.41) is 3.49. The summed E-state index contributed by atoms with van der Waals surface area (Å²) in [6.07, 6.45) is 0. The van der Waals surface area contributed by atoms with Gasteiger partial charge in [0.05, 0.1) is 5.66 Å². The molecule has 0 amide bonds. The average molecular weight is 190 g/mol. The standard InChI is InChI=1S/C12H18N2/c1-12(2)13-8-9-14(12)10-11-6-4-3-5-7-11/h3-7,13H,8-10H2,1-2H3. The summed E-state index contributed by atoms with van der Waals surface area (Å²) in [6, 6.07) is 10.7. The molecule has 2 rings (SSSR count). The van der Waals surface area contributed by atoms with Gasteiger partial charge in [0.15, 0.2) is 0 Å². The van der Waals surface area contributed by atoms with Crippen molar-refractivity contribution in [3.8, 4) is 0 Å². The van der Waals surface area contributed by atoms with E-state index in [9.17, 15) is 0 Å². The summed E-state index contributed by atoms with van der Waals surface area (Å²) in [4.78, 5) is 2.47. The number of hydrogen-bond donors (Lipinski definition) is 1. The van der Waals surface area contributed by atoms with Crippen LogP contribution in [0, 0.1) is 0 Å². The van der Waals surface area contributed by atoms with Crippen LogP contribution in [0.15, 0.2) is 30.3 Å². The molecule has 1 aliphatic rings. The van der Waals surface area contributed by atoms with E-state index in [0.29, 0.717) is 0 Å². The van der Waals surface area contributed by atoms with E-state index in [2.05, 4.69) is 54.4 Å². The van der Waals surface area contributed by atoms with Crippen LogP contribution >= 0.6 is 0 Å². The van der Waals surface area contributed by atoms with Crippen molar-refractivity contribution in [2.75, 3.05) is 13.1 Å². The molecule has 2 heteroatoms. The fourth-order valence-corrected chi connectivity index (χ4v) is 1.97. The molecule has 1 aromatic rings. The summed E-state index contributed by atoms with van der Waals surface area (Å²) in [5.41, 5.74) is 1.54. The lowest BCUT2D eigenvalue weighted by molar-refractivity contribution is 0.149. The smallest absolute Gasteiger partial charge is 0.0658 e. The predicted octanol–water partition coefficient (Wildman–Crippen LogP) is 1.83. The zero-order valence-corrected chi connectivity index (χ0v) is 8.96. The van der Waals surface area contributed by atoms with Gasteiger partial charge >= 0.3 is 0 Å². The van der Waals surface area contributed by atoms with Crippen molar-refractivity contribution in [2.24, 2.45) is 0 Å².